The van der Waals surface area contributed by atoms with Gasteiger partial charge in [0.25, 0.3) is 11.2 Å². The minimum Gasteiger partial charge on any atom is -0.305 e. The Morgan fingerprint density at radius 3 is 2.48 bits per heavy atom. The normalized spacial score (nSPS) is 14.2. The van der Waals surface area contributed by atoms with Crippen LogP contribution in [0.5, 0.6) is 0 Å². The predicted molar refractivity (Wildman–Crippen MR) is 94.7 cm³/mol. The van der Waals surface area contributed by atoms with Gasteiger partial charge in [0.05, 0.1) is 32.2 Å². The molecule has 0 radical (unpaired) electrons. The minimum absolute atomic E-state index is 0.0835. The summed E-state index contributed by atoms with van der Waals surface area (Å²) in [6, 6.07) is 5.60. The van der Waals surface area contributed by atoms with Crippen LogP contribution < -0.4 is 5.56 Å². The number of nitrogens with zero attached hydrogens (tertiary/aromatic N) is 4. The summed E-state index contributed by atoms with van der Waals surface area (Å²) in [7, 11) is 0. The second-order valence-corrected chi connectivity index (χ2v) is 6.88. The molecule has 1 saturated carbocycles. The first kappa shape index (κ1) is 16.1. The predicted octanol–water partition coefficient (Wildman–Crippen LogP) is 3.81. The molecule has 1 fully saturated rings. The Morgan fingerprint density at radius 2 is 1.88 bits per heavy atom. The van der Waals surface area contributed by atoms with E-state index in [-0.39, 0.29) is 21.3 Å². The van der Waals surface area contributed by atoms with Gasteiger partial charge in [0.1, 0.15) is 5.69 Å². The number of aromatic nitrogens is 3. The molecule has 1 aliphatic rings. The molecule has 0 N–H and O–H groups in total. The van der Waals surface area contributed by atoms with E-state index < -0.39 is 4.92 Å². The van der Waals surface area contributed by atoms with Crippen molar-refractivity contribution >= 4 is 39.9 Å². The van der Waals surface area contributed by atoms with E-state index >= 15 is 0 Å². The van der Waals surface area contributed by atoms with Crippen molar-refractivity contribution in [3.8, 4) is 5.69 Å². The molecule has 0 unspecified atom stereocenters. The summed E-state index contributed by atoms with van der Waals surface area (Å²) < 4.78 is 3.20. The van der Waals surface area contributed by atoms with E-state index in [2.05, 4.69) is 5.10 Å². The zero-order chi connectivity index (χ0) is 17.7. The smallest absolute Gasteiger partial charge is 0.272 e. The number of hydrogen-bond donors (Lipinski definition) is 0. The van der Waals surface area contributed by atoms with Crippen LogP contribution >= 0.6 is 23.2 Å². The van der Waals surface area contributed by atoms with Gasteiger partial charge in [-0.3, -0.25) is 14.9 Å². The van der Waals surface area contributed by atoms with Gasteiger partial charge in [0.2, 0.25) is 0 Å². The van der Waals surface area contributed by atoms with Crippen molar-refractivity contribution in [2.45, 2.75) is 19.4 Å². The molecule has 0 atom stereocenters. The SMILES string of the molecule is O=c1ccc2c(cnn2-c2c(Cl)cc([N+](=O)[O-])cc2Cl)n1CC1CC1. The van der Waals surface area contributed by atoms with Crippen LogP contribution in [0, 0.1) is 16.0 Å². The molecule has 0 amide bonds. The number of non-ortho nitro benzene ring substituents is 1. The molecule has 4 rings (SSSR count). The van der Waals surface area contributed by atoms with Crippen molar-refractivity contribution in [1.29, 1.82) is 0 Å². The number of benzene rings is 1. The van der Waals surface area contributed by atoms with Crippen molar-refractivity contribution < 1.29 is 4.92 Å². The number of fused-ring (bicyclic) bond motifs is 1. The second kappa shape index (κ2) is 5.86. The van der Waals surface area contributed by atoms with Gasteiger partial charge in [0, 0.05) is 24.7 Å². The van der Waals surface area contributed by atoms with Crippen LogP contribution in [0.4, 0.5) is 5.69 Å². The van der Waals surface area contributed by atoms with Gasteiger partial charge >= 0.3 is 0 Å². The average Bonchev–Trinajstić information content (AvgIpc) is 3.28. The van der Waals surface area contributed by atoms with E-state index in [4.69, 9.17) is 23.2 Å². The number of hydrogen-bond acceptors (Lipinski definition) is 4. The number of rotatable bonds is 4. The maximum absolute atomic E-state index is 12.2. The molecule has 2 heterocycles. The van der Waals surface area contributed by atoms with Gasteiger partial charge in [-0.2, -0.15) is 5.10 Å². The monoisotopic (exact) mass is 378 g/mol. The summed E-state index contributed by atoms with van der Waals surface area (Å²) in [4.78, 5) is 22.6. The lowest BCUT2D eigenvalue weighted by Gasteiger charge is -2.10. The van der Waals surface area contributed by atoms with E-state index in [9.17, 15) is 14.9 Å². The van der Waals surface area contributed by atoms with Gasteiger partial charge < -0.3 is 4.57 Å². The zero-order valence-corrected chi connectivity index (χ0v) is 14.4. The van der Waals surface area contributed by atoms with Gasteiger partial charge in [-0.15, -0.1) is 0 Å². The van der Waals surface area contributed by atoms with Crippen molar-refractivity contribution in [2.24, 2.45) is 5.92 Å². The molecular weight excluding hydrogens is 367 g/mol. The molecule has 0 bridgehead atoms. The summed E-state index contributed by atoms with van der Waals surface area (Å²) in [5.41, 5.74) is 1.42. The Balaban J connectivity index is 1.91. The Labute approximate surface area is 151 Å². The molecule has 25 heavy (non-hydrogen) atoms. The highest BCUT2D eigenvalue weighted by atomic mass is 35.5. The lowest BCUT2D eigenvalue weighted by molar-refractivity contribution is -0.384. The standard InChI is InChI=1S/C16H12Cl2N4O3/c17-11-5-10(22(24)25)6-12(18)16(11)21-13-3-4-15(23)20(8-9-1-2-9)14(13)7-19-21/h3-7,9H,1-2,8H2. The van der Waals surface area contributed by atoms with E-state index in [1.54, 1.807) is 16.8 Å². The van der Waals surface area contributed by atoms with E-state index in [1.165, 1.54) is 22.9 Å². The highest BCUT2D eigenvalue weighted by Crippen LogP contribution is 2.35. The second-order valence-electron chi connectivity index (χ2n) is 6.07. The Morgan fingerprint density at radius 1 is 1.20 bits per heavy atom. The highest BCUT2D eigenvalue weighted by molar-refractivity contribution is 6.38. The van der Waals surface area contributed by atoms with Crippen molar-refractivity contribution in [3.05, 3.63) is 61.0 Å². The molecule has 9 heteroatoms. The van der Waals surface area contributed by atoms with E-state index in [0.29, 0.717) is 29.2 Å². The molecule has 0 aliphatic heterocycles. The fourth-order valence-corrected chi connectivity index (χ4v) is 3.49. The van der Waals surface area contributed by atoms with E-state index in [1.807, 2.05) is 0 Å². The Kier molecular flexibility index (Phi) is 3.77. The van der Waals surface area contributed by atoms with Crippen LogP contribution in [0.1, 0.15) is 12.8 Å². The average molecular weight is 379 g/mol. The lowest BCUT2D eigenvalue weighted by Crippen LogP contribution is -2.20. The fraction of sp³-hybridized carbons (Fsp3) is 0.250. The Bertz CT molecular complexity index is 1050. The molecule has 1 aromatic carbocycles. The van der Waals surface area contributed by atoms with Crippen molar-refractivity contribution in [1.82, 2.24) is 14.3 Å². The highest BCUT2D eigenvalue weighted by Gasteiger charge is 2.24. The van der Waals surface area contributed by atoms with Gasteiger partial charge in [-0.05, 0) is 24.8 Å². The first-order valence-corrected chi connectivity index (χ1v) is 8.42. The molecule has 1 aliphatic carbocycles. The first-order chi connectivity index (χ1) is 12.0. The summed E-state index contributed by atoms with van der Waals surface area (Å²) in [6.07, 6.45) is 3.83. The fourth-order valence-electron chi connectivity index (χ4n) is 2.86. The molecular formula is C16H12Cl2N4O3. The minimum atomic E-state index is -0.559. The topological polar surface area (TPSA) is 83.0 Å². The van der Waals surface area contributed by atoms with Gasteiger partial charge in [0.15, 0.2) is 0 Å². The number of nitro groups is 1. The van der Waals surface area contributed by atoms with Crippen molar-refractivity contribution in [3.63, 3.8) is 0 Å². The number of halogens is 2. The molecule has 3 aromatic rings. The maximum Gasteiger partial charge on any atom is 0.272 e. The Hall–Kier alpha value is -2.38. The molecule has 2 aromatic heterocycles. The summed E-state index contributed by atoms with van der Waals surface area (Å²) >= 11 is 12.4. The van der Waals surface area contributed by atoms with Crippen molar-refractivity contribution in [2.75, 3.05) is 0 Å². The lowest BCUT2D eigenvalue weighted by atomic mass is 10.2. The van der Waals surface area contributed by atoms with Crippen LogP contribution in [0.3, 0.4) is 0 Å². The third-order valence-corrected chi connectivity index (χ3v) is 4.86. The molecule has 7 nitrogen and oxygen atoms in total. The zero-order valence-electron chi connectivity index (χ0n) is 12.9. The molecule has 128 valence electrons. The van der Waals surface area contributed by atoms with Crippen LogP contribution in [-0.4, -0.2) is 19.3 Å². The van der Waals surface area contributed by atoms with Crippen LogP contribution in [-0.2, 0) is 6.54 Å². The summed E-state index contributed by atoms with van der Waals surface area (Å²) in [5, 5.41) is 15.5. The quantitative estimate of drug-likeness (QED) is 0.510. The summed E-state index contributed by atoms with van der Waals surface area (Å²) in [5.74, 6) is 0.526. The maximum atomic E-state index is 12.2. The van der Waals surface area contributed by atoms with Crippen LogP contribution in [0.2, 0.25) is 10.0 Å². The summed E-state index contributed by atoms with van der Waals surface area (Å²) in [6.45, 7) is 0.656. The molecule has 0 spiro atoms. The van der Waals surface area contributed by atoms with Crippen LogP contribution in [0.15, 0.2) is 35.3 Å². The number of pyridine rings is 1. The first-order valence-electron chi connectivity index (χ1n) is 7.67. The van der Waals surface area contributed by atoms with Gasteiger partial charge in [-0.25, -0.2) is 4.68 Å². The van der Waals surface area contributed by atoms with E-state index in [0.717, 1.165) is 12.8 Å². The third kappa shape index (κ3) is 2.79. The van der Waals surface area contributed by atoms with Crippen LogP contribution in [0.25, 0.3) is 16.7 Å². The van der Waals surface area contributed by atoms with Gasteiger partial charge in [-0.1, -0.05) is 23.2 Å². The third-order valence-electron chi connectivity index (χ3n) is 4.29. The number of nitro benzene ring substituents is 1. The molecule has 0 saturated heterocycles. The largest absolute Gasteiger partial charge is 0.305 e.